The van der Waals surface area contributed by atoms with Crippen molar-refractivity contribution < 1.29 is 9.53 Å². The van der Waals surface area contributed by atoms with Crippen LogP contribution in [0.4, 0.5) is 5.69 Å². The van der Waals surface area contributed by atoms with Gasteiger partial charge in [0.15, 0.2) is 0 Å². The molecule has 4 heteroatoms. The first-order valence-electron chi connectivity index (χ1n) is 6.21. The summed E-state index contributed by atoms with van der Waals surface area (Å²) < 4.78 is 5.58. The van der Waals surface area contributed by atoms with E-state index in [-0.39, 0.29) is 18.4 Å². The number of amides is 1. The van der Waals surface area contributed by atoms with Gasteiger partial charge >= 0.3 is 0 Å². The molecule has 0 heterocycles. The van der Waals surface area contributed by atoms with Crippen LogP contribution in [-0.4, -0.2) is 18.1 Å². The van der Waals surface area contributed by atoms with E-state index in [0.29, 0.717) is 5.69 Å². The van der Waals surface area contributed by atoms with Crippen LogP contribution in [0.2, 0.25) is 0 Å². The molecule has 0 aromatic heterocycles. The molecule has 0 aliphatic heterocycles. The van der Waals surface area contributed by atoms with Crippen molar-refractivity contribution in [3.05, 3.63) is 23.8 Å². The first-order chi connectivity index (χ1) is 8.93. The fraction of sp³-hybridized carbons (Fsp3) is 0.400. The maximum Gasteiger partial charge on any atom is 0.242 e. The van der Waals surface area contributed by atoms with Crippen LogP contribution in [0.5, 0.6) is 5.75 Å². The van der Waals surface area contributed by atoms with E-state index in [4.69, 9.17) is 16.9 Å². The normalized spacial score (nSPS) is 11.8. The zero-order valence-corrected chi connectivity index (χ0v) is 11.6. The van der Waals surface area contributed by atoms with Gasteiger partial charge < -0.3 is 15.8 Å². The molecule has 0 bridgehead atoms. The Labute approximate surface area is 114 Å². The van der Waals surface area contributed by atoms with Crippen LogP contribution >= 0.6 is 0 Å². The van der Waals surface area contributed by atoms with E-state index >= 15 is 0 Å². The lowest BCUT2D eigenvalue weighted by Gasteiger charge is -2.14. The van der Waals surface area contributed by atoms with Gasteiger partial charge in [0.05, 0.1) is 12.1 Å². The van der Waals surface area contributed by atoms with E-state index < -0.39 is 6.04 Å². The summed E-state index contributed by atoms with van der Waals surface area (Å²) in [6, 6.07) is 4.81. The second kappa shape index (κ2) is 6.81. The molecule has 1 unspecified atom stereocenters. The Morgan fingerprint density at radius 2 is 2.21 bits per heavy atom. The zero-order valence-electron chi connectivity index (χ0n) is 11.6. The quantitative estimate of drug-likeness (QED) is 0.797. The van der Waals surface area contributed by atoms with E-state index in [1.807, 2.05) is 32.9 Å². The molecule has 1 atom stereocenters. The van der Waals surface area contributed by atoms with Gasteiger partial charge in [-0.15, -0.1) is 12.3 Å². The van der Waals surface area contributed by atoms with Crippen molar-refractivity contribution in [3.63, 3.8) is 0 Å². The first-order valence-corrected chi connectivity index (χ1v) is 6.21. The number of benzene rings is 1. The van der Waals surface area contributed by atoms with Crippen molar-refractivity contribution in [3.8, 4) is 18.1 Å². The topological polar surface area (TPSA) is 64.4 Å². The summed E-state index contributed by atoms with van der Waals surface area (Å²) in [6.45, 7) is 5.82. The maximum absolute atomic E-state index is 11.8. The van der Waals surface area contributed by atoms with E-state index in [2.05, 4.69) is 11.2 Å². The molecule has 0 aliphatic carbocycles. The minimum Gasteiger partial charge on any atom is -0.491 e. The molecule has 102 valence electrons. The molecule has 0 spiro atoms. The Morgan fingerprint density at radius 3 is 2.74 bits per heavy atom. The van der Waals surface area contributed by atoms with Gasteiger partial charge in [-0.3, -0.25) is 4.79 Å². The van der Waals surface area contributed by atoms with Crippen LogP contribution in [0, 0.1) is 19.3 Å². The molecule has 1 aromatic carbocycles. The smallest absolute Gasteiger partial charge is 0.242 e. The molecule has 0 radical (unpaired) electrons. The Bertz CT molecular complexity index is 489. The summed E-state index contributed by atoms with van der Waals surface area (Å²) in [5.74, 6) is 2.87. The van der Waals surface area contributed by atoms with Crippen LogP contribution < -0.4 is 15.8 Å². The molecule has 1 amide bonds. The SMILES string of the molecule is C#CCC(N)C(=O)Nc1ccc(OC(C)C)cc1C. The molecule has 1 rings (SSSR count). The van der Waals surface area contributed by atoms with Crippen LogP contribution in [0.15, 0.2) is 18.2 Å². The highest BCUT2D eigenvalue weighted by Gasteiger charge is 2.13. The third-order valence-electron chi connectivity index (χ3n) is 2.50. The number of hydrogen-bond acceptors (Lipinski definition) is 3. The Kier molecular flexibility index (Phi) is 5.40. The third-order valence-corrected chi connectivity index (χ3v) is 2.50. The summed E-state index contributed by atoms with van der Waals surface area (Å²) in [6.07, 6.45) is 5.47. The average molecular weight is 260 g/mol. The second-order valence-electron chi connectivity index (χ2n) is 4.65. The molecule has 0 saturated carbocycles. The number of nitrogens with one attached hydrogen (secondary N) is 1. The van der Waals surface area contributed by atoms with E-state index in [9.17, 15) is 4.79 Å². The highest BCUT2D eigenvalue weighted by atomic mass is 16.5. The second-order valence-corrected chi connectivity index (χ2v) is 4.65. The summed E-state index contributed by atoms with van der Waals surface area (Å²) in [7, 11) is 0. The van der Waals surface area contributed by atoms with Gasteiger partial charge in [-0.05, 0) is 44.5 Å². The van der Waals surface area contributed by atoms with E-state index in [0.717, 1.165) is 11.3 Å². The lowest BCUT2D eigenvalue weighted by atomic mass is 10.1. The number of aryl methyl sites for hydroxylation is 1. The van der Waals surface area contributed by atoms with Crippen molar-refractivity contribution in [1.82, 2.24) is 0 Å². The van der Waals surface area contributed by atoms with Gasteiger partial charge in [-0.1, -0.05) is 0 Å². The molecule has 4 nitrogen and oxygen atoms in total. The van der Waals surface area contributed by atoms with Crippen LogP contribution in [0.25, 0.3) is 0 Å². The number of carbonyl (C=O) groups excluding carboxylic acids is 1. The molecule has 1 aromatic rings. The molecule has 0 aliphatic rings. The highest BCUT2D eigenvalue weighted by molar-refractivity contribution is 5.95. The maximum atomic E-state index is 11.8. The van der Waals surface area contributed by atoms with Gasteiger partial charge in [0.1, 0.15) is 5.75 Å². The van der Waals surface area contributed by atoms with Gasteiger partial charge in [0.2, 0.25) is 5.91 Å². The lowest BCUT2D eigenvalue weighted by Crippen LogP contribution is -2.35. The largest absolute Gasteiger partial charge is 0.491 e. The zero-order chi connectivity index (χ0) is 14.4. The average Bonchev–Trinajstić information content (AvgIpc) is 2.32. The molecule has 0 fully saturated rings. The minimum atomic E-state index is -0.684. The number of carbonyl (C=O) groups is 1. The van der Waals surface area contributed by atoms with Crippen molar-refractivity contribution in [2.45, 2.75) is 39.3 Å². The Balaban J connectivity index is 2.75. The number of hydrogen-bond donors (Lipinski definition) is 2. The van der Waals surface area contributed by atoms with Crippen LogP contribution in [0.1, 0.15) is 25.8 Å². The number of ether oxygens (including phenoxy) is 1. The summed E-state index contributed by atoms with van der Waals surface area (Å²) in [5, 5.41) is 2.76. The van der Waals surface area contributed by atoms with Gasteiger partial charge in [0, 0.05) is 12.1 Å². The number of anilines is 1. The van der Waals surface area contributed by atoms with Gasteiger partial charge in [0.25, 0.3) is 0 Å². The van der Waals surface area contributed by atoms with Crippen molar-refractivity contribution in [2.75, 3.05) is 5.32 Å². The van der Waals surface area contributed by atoms with Crippen molar-refractivity contribution in [2.24, 2.45) is 5.73 Å². The van der Waals surface area contributed by atoms with Crippen molar-refractivity contribution in [1.29, 1.82) is 0 Å². The molecule has 3 N–H and O–H groups in total. The minimum absolute atomic E-state index is 0.115. The fourth-order valence-electron chi connectivity index (χ4n) is 1.57. The summed E-state index contributed by atoms with van der Waals surface area (Å²) in [5.41, 5.74) is 7.27. The van der Waals surface area contributed by atoms with E-state index in [1.165, 1.54) is 0 Å². The van der Waals surface area contributed by atoms with Crippen molar-refractivity contribution >= 4 is 11.6 Å². The number of nitrogens with two attached hydrogens (primary N) is 1. The predicted octanol–water partition coefficient (Wildman–Crippen LogP) is 2.07. The number of rotatable bonds is 5. The standard InChI is InChI=1S/C15H20N2O2/c1-5-6-13(16)15(18)17-14-8-7-12(9-11(14)4)19-10(2)3/h1,7-10,13H,6,16H2,2-4H3,(H,17,18). The monoisotopic (exact) mass is 260 g/mol. The molecule has 19 heavy (non-hydrogen) atoms. The fourth-order valence-corrected chi connectivity index (χ4v) is 1.57. The lowest BCUT2D eigenvalue weighted by molar-refractivity contribution is -0.117. The Hall–Kier alpha value is -1.99. The molecular weight excluding hydrogens is 240 g/mol. The Morgan fingerprint density at radius 1 is 1.53 bits per heavy atom. The third kappa shape index (κ3) is 4.65. The summed E-state index contributed by atoms with van der Waals surface area (Å²) in [4.78, 5) is 11.8. The van der Waals surface area contributed by atoms with Gasteiger partial charge in [-0.2, -0.15) is 0 Å². The van der Waals surface area contributed by atoms with Crippen LogP contribution in [-0.2, 0) is 4.79 Å². The molecular formula is C15H20N2O2. The summed E-state index contributed by atoms with van der Waals surface area (Å²) >= 11 is 0. The van der Waals surface area contributed by atoms with Crippen LogP contribution in [0.3, 0.4) is 0 Å². The van der Waals surface area contributed by atoms with E-state index in [1.54, 1.807) is 6.07 Å². The highest BCUT2D eigenvalue weighted by Crippen LogP contribution is 2.22. The predicted molar refractivity (Wildman–Crippen MR) is 77.0 cm³/mol. The van der Waals surface area contributed by atoms with Gasteiger partial charge in [-0.25, -0.2) is 0 Å². The molecule has 0 saturated heterocycles. The first kappa shape index (κ1) is 15.1. The number of terminal acetylenes is 1.